The average Bonchev–Trinajstić information content (AvgIpc) is 3.25. The first-order valence-electron chi connectivity index (χ1n) is 6.23. The predicted molar refractivity (Wildman–Crippen MR) is 83.1 cm³/mol. The van der Waals surface area contributed by atoms with E-state index in [1.807, 2.05) is 0 Å². The number of hydrogen-bond acceptors (Lipinski definition) is 2. The van der Waals surface area contributed by atoms with Crippen molar-refractivity contribution in [3.63, 3.8) is 0 Å². The molecule has 2 aromatic rings. The molecule has 1 heterocycles. The van der Waals surface area contributed by atoms with Gasteiger partial charge in [-0.15, -0.1) is 0 Å². The van der Waals surface area contributed by atoms with Crippen molar-refractivity contribution in [1.82, 2.24) is 4.57 Å². The molecule has 1 fully saturated rings. The van der Waals surface area contributed by atoms with E-state index in [0.717, 1.165) is 18.4 Å². The fourth-order valence-electron chi connectivity index (χ4n) is 2.51. The van der Waals surface area contributed by atoms with Gasteiger partial charge in [-0.3, -0.25) is 4.79 Å². The normalized spacial score (nSPS) is 14.8. The Morgan fingerprint density at radius 1 is 1.35 bits per heavy atom. The predicted octanol–water partition coefficient (Wildman–Crippen LogP) is 4.32. The summed E-state index contributed by atoms with van der Waals surface area (Å²) in [5.74, 6) is 0.0116. The Hall–Kier alpha value is -0.880. The zero-order valence-electron chi connectivity index (χ0n) is 11.0. The molecule has 0 saturated heterocycles. The monoisotopic (exact) mass is 403 g/mol. The highest BCUT2D eigenvalue weighted by atomic mass is 79.9. The molecule has 1 aliphatic carbocycles. The number of benzene rings is 1. The Bertz CT molecular complexity index is 781. The van der Waals surface area contributed by atoms with E-state index in [1.165, 1.54) is 13.2 Å². The molecule has 3 nitrogen and oxygen atoms in total. The van der Waals surface area contributed by atoms with E-state index < -0.39 is 0 Å². The van der Waals surface area contributed by atoms with Crippen molar-refractivity contribution in [3.05, 3.63) is 36.7 Å². The summed E-state index contributed by atoms with van der Waals surface area (Å²) in [7, 11) is 1.48. The molecule has 0 amide bonds. The standard InChI is InChI=1S/C14H12Br2FNO2/c1-6-11(15)13(17)12(16)10-8(20-2)5-9(19)18(14(6)10)7-3-4-7/h5,7H,3-4H2,1-2H3. The average molecular weight is 405 g/mol. The topological polar surface area (TPSA) is 31.2 Å². The molecule has 3 rings (SSSR count). The minimum atomic E-state index is -0.380. The van der Waals surface area contributed by atoms with Gasteiger partial charge in [-0.1, -0.05) is 0 Å². The van der Waals surface area contributed by atoms with Crippen LogP contribution in [0, 0.1) is 12.7 Å². The summed E-state index contributed by atoms with van der Waals surface area (Å²) in [4.78, 5) is 12.3. The number of aromatic nitrogens is 1. The van der Waals surface area contributed by atoms with Crippen LogP contribution in [0.1, 0.15) is 24.4 Å². The third-order valence-electron chi connectivity index (χ3n) is 3.64. The summed E-state index contributed by atoms with van der Waals surface area (Å²) >= 11 is 6.55. The molecule has 0 unspecified atom stereocenters. The Labute approximate surface area is 132 Å². The quantitative estimate of drug-likeness (QED) is 0.698. The van der Waals surface area contributed by atoms with Gasteiger partial charge in [0.2, 0.25) is 0 Å². The lowest BCUT2D eigenvalue weighted by Gasteiger charge is -2.17. The molecule has 6 heteroatoms. The Morgan fingerprint density at radius 3 is 2.55 bits per heavy atom. The number of fused-ring (bicyclic) bond motifs is 1. The minimum Gasteiger partial charge on any atom is -0.496 e. The molecule has 0 spiro atoms. The first-order valence-corrected chi connectivity index (χ1v) is 7.82. The molecule has 106 valence electrons. The summed E-state index contributed by atoms with van der Waals surface area (Å²) in [6.07, 6.45) is 1.96. The highest BCUT2D eigenvalue weighted by Gasteiger charge is 2.29. The maximum Gasteiger partial charge on any atom is 0.255 e. The number of methoxy groups -OCH3 is 1. The van der Waals surface area contributed by atoms with Gasteiger partial charge in [0, 0.05) is 12.1 Å². The van der Waals surface area contributed by atoms with Crippen molar-refractivity contribution >= 4 is 42.8 Å². The van der Waals surface area contributed by atoms with Crippen LogP contribution in [0.25, 0.3) is 10.9 Å². The van der Waals surface area contributed by atoms with Crippen molar-refractivity contribution in [2.24, 2.45) is 0 Å². The van der Waals surface area contributed by atoms with Crippen molar-refractivity contribution in [1.29, 1.82) is 0 Å². The maximum absolute atomic E-state index is 14.3. The molecule has 20 heavy (non-hydrogen) atoms. The number of aryl methyl sites for hydroxylation is 1. The molecule has 0 N–H and O–H groups in total. The van der Waals surface area contributed by atoms with Crippen molar-refractivity contribution in [2.75, 3.05) is 7.11 Å². The third-order valence-corrected chi connectivity index (χ3v) is 5.32. The second-order valence-corrected chi connectivity index (χ2v) is 6.53. The fraction of sp³-hybridized carbons (Fsp3) is 0.357. The molecule has 1 aromatic heterocycles. The summed E-state index contributed by atoms with van der Waals surface area (Å²) in [6.45, 7) is 1.81. The zero-order chi connectivity index (χ0) is 14.6. The molecule has 0 atom stereocenters. The molecule has 0 aliphatic heterocycles. The van der Waals surface area contributed by atoms with E-state index in [9.17, 15) is 9.18 Å². The van der Waals surface area contributed by atoms with Crippen molar-refractivity contribution in [3.8, 4) is 5.75 Å². The SMILES string of the molecule is COc1cc(=O)n(C2CC2)c2c(C)c(Br)c(F)c(Br)c12. The van der Waals surface area contributed by atoms with E-state index >= 15 is 0 Å². The highest BCUT2D eigenvalue weighted by Crippen LogP contribution is 2.43. The van der Waals surface area contributed by atoms with Crippen LogP contribution in [-0.2, 0) is 0 Å². The Morgan fingerprint density at radius 2 is 2.00 bits per heavy atom. The molecular formula is C14H12Br2FNO2. The lowest BCUT2D eigenvalue weighted by molar-refractivity contribution is 0.417. The minimum absolute atomic E-state index is 0.106. The van der Waals surface area contributed by atoms with E-state index in [0.29, 0.717) is 25.6 Å². The van der Waals surface area contributed by atoms with Crippen molar-refractivity contribution < 1.29 is 9.13 Å². The van der Waals surface area contributed by atoms with E-state index in [2.05, 4.69) is 31.9 Å². The van der Waals surface area contributed by atoms with Gasteiger partial charge >= 0.3 is 0 Å². The van der Waals surface area contributed by atoms with Crippen LogP contribution in [0.3, 0.4) is 0 Å². The second kappa shape index (κ2) is 4.84. The first-order chi connectivity index (χ1) is 9.47. The number of nitrogens with zero attached hydrogens (tertiary/aromatic N) is 1. The Balaban J connectivity index is 2.59. The van der Waals surface area contributed by atoms with E-state index in [4.69, 9.17) is 4.74 Å². The van der Waals surface area contributed by atoms with Crippen LogP contribution >= 0.6 is 31.9 Å². The molecule has 1 saturated carbocycles. The van der Waals surface area contributed by atoms with Gasteiger partial charge in [-0.05, 0) is 57.2 Å². The largest absolute Gasteiger partial charge is 0.496 e. The zero-order valence-corrected chi connectivity index (χ0v) is 14.1. The maximum atomic E-state index is 14.3. The van der Waals surface area contributed by atoms with Crippen LogP contribution in [0.2, 0.25) is 0 Å². The third kappa shape index (κ3) is 1.92. The van der Waals surface area contributed by atoms with Gasteiger partial charge in [0.25, 0.3) is 5.56 Å². The van der Waals surface area contributed by atoms with Crippen LogP contribution in [0.4, 0.5) is 4.39 Å². The van der Waals surface area contributed by atoms with Gasteiger partial charge in [0.1, 0.15) is 5.75 Å². The van der Waals surface area contributed by atoms with Crippen LogP contribution in [0.5, 0.6) is 5.75 Å². The summed E-state index contributed by atoms with van der Waals surface area (Å²) in [5.41, 5.74) is 1.34. The molecule has 0 radical (unpaired) electrons. The van der Waals surface area contributed by atoms with Gasteiger partial charge in [-0.2, -0.15) is 0 Å². The molecule has 0 bridgehead atoms. The molecule has 1 aliphatic rings. The van der Waals surface area contributed by atoms with Gasteiger partial charge in [0.15, 0.2) is 5.82 Å². The van der Waals surface area contributed by atoms with Crippen LogP contribution in [-0.4, -0.2) is 11.7 Å². The van der Waals surface area contributed by atoms with E-state index in [1.54, 1.807) is 11.5 Å². The number of ether oxygens (including phenoxy) is 1. The van der Waals surface area contributed by atoms with Crippen LogP contribution < -0.4 is 10.3 Å². The lowest BCUT2D eigenvalue weighted by atomic mass is 10.1. The Kier molecular flexibility index (Phi) is 3.41. The summed E-state index contributed by atoms with van der Waals surface area (Å²) in [5, 5.41) is 0.609. The number of pyridine rings is 1. The van der Waals surface area contributed by atoms with E-state index in [-0.39, 0.29) is 17.4 Å². The highest BCUT2D eigenvalue weighted by molar-refractivity contribution is 9.11. The van der Waals surface area contributed by atoms with Gasteiger partial charge < -0.3 is 9.30 Å². The van der Waals surface area contributed by atoms with Crippen molar-refractivity contribution in [2.45, 2.75) is 25.8 Å². The molecule has 1 aromatic carbocycles. The smallest absolute Gasteiger partial charge is 0.255 e. The van der Waals surface area contributed by atoms with Gasteiger partial charge in [-0.25, -0.2) is 4.39 Å². The van der Waals surface area contributed by atoms with Gasteiger partial charge in [0.05, 0.1) is 27.0 Å². The van der Waals surface area contributed by atoms with Crippen LogP contribution in [0.15, 0.2) is 19.8 Å². The molecular weight excluding hydrogens is 393 g/mol. The number of hydrogen-bond donors (Lipinski definition) is 0. The fourth-order valence-corrected chi connectivity index (χ4v) is 3.75. The summed E-state index contributed by atoms with van der Waals surface area (Å²) in [6, 6.07) is 1.64. The lowest BCUT2D eigenvalue weighted by Crippen LogP contribution is -2.20. The number of rotatable bonds is 2. The number of halogens is 3. The summed E-state index contributed by atoms with van der Waals surface area (Å²) < 4.78 is 22.0. The first kappa shape index (κ1) is 14.1. The second-order valence-electron chi connectivity index (χ2n) is 4.94.